The van der Waals surface area contributed by atoms with Gasteiger partial charge in [0.2, 0.25) is 0 Å². The summed E-state index contributed by atoms with van der Waals surface area (Å²) in [6.45, 7) is 0. The predicted octanol–water partition coefficient (Wildman–Crippen LogP) is 4.41. The van der Waals surface area contributed by atoms with E-state index < -0.39 is 6.04 Å². The van der Waals surface area contributed by atoms with Gasteiger partial charge in [-0.25, -0.2) is 0 Å². The van der Waals surface area contributed by atoms with E-state index in [9.17, 15) is 10.1 Å². The first-order valence-electron chi connectivity index (χ1n) is 7.77. The van der Waals surface area contributed by atoms with E-state index >= 15 is 0 Å². The van der Waals surface area contributed by atoms with Crippen molar-refractivity contribution in [3.8, 4) is 6.07 Å². The Morgan fingerprint density at radius 3 is 2.33 bits per heavy atom. The molecule has 1 amide bonds. The summed E-state index contributed by atoms with van der Waals surface area (Å²) in [7, 11) is 0. The Bertz CT molecular complexity index is 999. The molecule has 1 aliphatic heterocycles. The molecule has 0 spiro atoms. The van der Waals surface area contributed by atoms with Gasteiger partial charge in [-0.15, -0.1) is 0 Å². The van der Waals surface area contributed by atoms with Gasteiger partial charge in [-0.1, -0.05) is 48.5 Å². The molecule has 1 atom stereocenters. The van der Waals surface area contributed by atoms with E-state index in [0.717, 1.165) is 22.0 Å². The molecular formula is C21H14N2O. The highest BCUT2D eigenvalue weighted by Crippen LogP contribution is 2.34. The lowest BCUT2D eigenvalue weighted by molar-refractivity contribution is 0.0985. The summed E-state index contributed by atoms with van der Waals surface area (Å²) in [4.78, 5) is 14.6. The van der Waals surface area contributed by atoms with Crippen LogP contribution < -0.4 is 4.90 Å². The number of amides is 1. The first kappa shape index (κ1) is 14.2. The number of benzene rings is 3. The number of nitrogens with zero attached hydrogens (tertiary/aromatic N) is 2. The van der Waals surface area contributed by atoms with E-state index in [2.05, 4.69) is 12.1 Å². The number of carbonyl (C=O) groups excluding carboxylic acids is 1. The van der Waals surface area contributed by atoms with Gasteiger partial charge in [0.15, 0.2) is 0 Å². The van der Waals surface area contributed by atoms with Crippen molar-refractivity contribution in [2.24, 2.45) is 0 Å². The lowest BCUT2D eigenvalue weighted by Gasteiger charge is -2.30. The summed E-state index contributed by atoms with van der Waals surface area (Å²) < 4.78 is 0. The molecule has 24 heavy (non-hydrogen) atoms. The Labute approximate surface area is 140 Å². The van der Waals surface area contributed by atoms with Crippen LogP contribution in [0.2, 0.25) is 0 Å². The molecule has 0 aromatic heterocycles. The smallest absolute Gasteiger partial charge is 0.259 e. The van der Waals surface area contributed by atoms with Gasteiger partial charge in [-0.2, -0.15) is 5.26 Å². The molecule has 0 saturated carbocycles. The third-order valence-electron chi connectivity index (χ3n) is 4.26. The van der Waals surface area contributed by atoms with Crippen LogP contribution in [0.25, 0.3) is 16.8 Å². The molecule has 3 aromatic rings. The van der Waals surface area contributed by atoms with E-state index in [4.69, 9.17) is 0 Å². The van der Waals surface area contributed by atoms with E-state index in [1.54, 1.807) is 23.1 Å². The van der Waals surface area contributed by atoms with Crippen molar-refractivity contribution in [3.63, 3.8) is 0 Å². The zero-order valence-electron chi connectivity index (χ0n) is 12.9. The van der Waals surface area contributed by atoms with Crippen LogP contribution in [0.15, 0.2) is 72.8 Å². The second-order valence-electron chi connectivity index (χ2n) is 5.73. The minimum Gasteiger partial charge on any atom is -0.288 e. The molecule has 0 bridgehead atoms. The molecule has 0 aliphatic carbocycles. The van der Waals surface area contributed by atoms with Crippen LogP contribution in [-0.4, -0.2) is 11.9 Å². The van der Waals surface area contributed by atoms with Gasteiger partial charge in [0.1, 0.15) is 6.04 Å². The Kier molecular flexibility index (Phi) is 3.36. The van der Waals surface area contributed by atoms with Gasteiger partial charge >= 0.3 is 0 Å². The molecular weight excluding hydrogens is 296 g/mol. The number of hydrogen-bond acceptors (Lipinski definition) is 2. The highest BCUT2D eigenvalue weighted by atomic mass is 16.2. The summed E-state index contributed by atoms with van der Waals surface area (Å²) in [5, 5.41) is 11.7. The lowest BCUT2D eigenvalue weighted by Crippen LogP contribution is -2.40. The lowest BCUT2D eigenvalue weighted by atomic mass is 9.98. The van der Waals surface area contributed by atoms with Crippen molar-refractivity contribution in [3.05, 3.63) is 83.9 Å². The quantitative estimate of drug-likeness (QED) is 0.668. The number of rotatable bonds is 1. The molecule has 1 heterocycles. The standard InChI is InChI=1S/C21H14N2O/c22-14-19-11-10-18-12-16-8-4-5-9-17(16)13-20(18)23(19)21(24)15-6-2-1-3-7-15/h1-13,19H. The number of anilines is 1. The number of carbonyl (C=O) groups is 1. The van der Waals surface area contributed by atoms with Crippen molar-refractivity contribution in [2.45, 2.75) is 6.04 Å². The molecule has 4 rings (SSSR count). The average Bonchev–Trinajstić information content (AvgIpc) is 2.65. The maximum absolute atomic E-state index is 13.0. The SMILES string of the molecule is N#CC1C=Cc2cc3ccccc3cc2N1C(=O)c1ccccc1. The highest BCUT2D eigenvalue weighted by Gasteiger charge is 2.29. The van der Waals surface area contributed by atoms with Crippen LogP contribution in [-0.2, 0) is 0 Å². The monoisotopic (exact) mass is 310 g/mol. The Morgan fingerprint density at radius 1 is 0.958 bits per heavy atom. The van der Waals surface area contributed by atoms with Gasteiger partial charge in [0.05, 0.1) is 11.8 Å². The molecule has 0 N–H and O–H groups in total. The zero-order chi connectivity index (χ0) is 16.5. The Morgan fingerprint density at radius 2 is 1.62 bits per heavy atom. The normalized spacial score (nSPS) is 15.8. The topological polar surface area (TPSA) is 44.1 Å². The van der Waals surface area contributed by atoms with Crippen molar-refractivity contribution in [1.82, 2.24) is 0 Å². The van der Waals surface area contributed by atoms with Crippen LogP contribution in [0.3, 0.4) is 0 Å². The van der Waals surface area contributed by atoms with Crippen molar-refractivity contribution in [1.29, 1.82) is 5.26 Å². The second-order valence-corrected chi connectivity index (χ2v) is 5.73. The van der Waals surface area contributed by atoms with Crippen molar-refractivity contribution >= 4 is 28.4 Å². The molecule has 3 heteroatoms. The molecule has 1 unspecified atom stereocenters. The molecule has 3 nitrogen and oxygen atoms in total. The number of nitriles is 1. The first-order valence-corrected chi connectivity index (χ1v) is 7.77. The largest absolute Gasteiger partial charge is 0.288 e. The molecule has 3 aromatic carbocycles. The fourth-order valence-electron chi connectivity index (χ4n) is 3.08. The fourth-order valence-corrected chi connectivity index (χ4v) is 3.08. The van der Waals surface area contributed by atoms with Gasteiger partial charge in [0.25, 0.3) is 5.91 Å². The van der Waals surface area contributed by atoms with Crippen molar-refractivity contribution < 1.29 is 4.79 Å². The van der Waals surface area contributed by atoms with Gasteiger partial charge in [-0.3, -0.25) is 9.69 Å². The van der Waals surface area contributed by atoms with Crippen LogP contribution in [0, 0.1) is 11.3 Å². The third-order valence-corrected chi connectivity index (χ3v) is 4.26. The van der Waals surface area contributed by atoms with Crippen LogP contribution in [0.4, 0.5) is 5.69 Å². The summed E-state index contributed by atoms with van der Waals surface area (Å²) in [5.74, 6) is -0.164. The summed E-state index contributed by atoms with van der Waals surface area (Å²) >= 11 is 0. The highest BCUT2D eigenvalue weighted by molar-refractivity contribution is 6.10. The Hall–Kier alpha value is -3.38. The van der Waals surface area contributed by atoms with E-state index in [1.807, 2.05) is 54.6 Å². The van der Waals surface area contributed by atoms with Crippen molar-refractivity contribution in [2.75, 3.05) is 4.90 Å². The van der Waals surface area contributed by atoms with Gasteiger partial charge < -0.3 is 0 Å². The minimum absolute atomic E-state index is 0.164. The second kappa shape index (κ2) is 5.68. The minimum atomic E-state index is -0.605. The molecule has 0 saturated heterocycles. The maximum atomic E-state index is 13.0. The maximum Gasteiger partial charge on any atom is 0.259 e. The fraction of sp³-hybridized carbons (Fsp3) is 0.0476. The molecule has 114 valence electrons. The van der Waals surface area contributed by atoms with Gasteiger partial charge in [-0.05, 0) is 46.7 Å². The van der Waals surface area contributed by atoms with Gasteiger partial charge in [0, 0.05) is 5.56 Å². The molecule has 0 radical (unpaired) electrons. The number of hydrogen-bond donors (Lipinski definition) is 0. The zero-order valence-corrected chi connectivity index (χ0v) is 12.9. The van der Waals surface area contributed by atoms with Crippen LogP contribution in [0.5, 0.6) is 0 Å². The van der Waals surface area contributed by atoms with E-state index in [-0.39, 0.29) is 5.91 Å². The first-order chi connectivity index (χ1) is 11.8. The predicted molar refractivity (Wildman–Crippen MR) is 95.6 cm³/mol. The molecule has 0 fully saturated rings. The van der Waals surface area contributed by atoms with E-state index in [0.29, 0.717) is 5.56 Å². The summed E-state index contributed by atoms with van der Waals surface area (Å²) in [6.07, 6.45) is 3.70. The summed E-state index contributed by atoms with van der Waals surface area (Å²) in [6, 6.07) is 22.7. The number of fused-ring (bicyclic) bond motifs is 2. The summed E-state index contributed by atoms with van der Waals surface area (Å²) in [5.41, 5.74) is 2.30. The van der Waals surface area contributed by atoms with Crippen LogP contribution >= 0.6 is 0 Å². The van der Waals surface area contributed by atoms with E-state index in [1.165, 1.54) is 0 Å². The average molecular weight is 310 g/mol. The Balaban J connectivity index is 1.90. The molecule has 1 aliphatic rings. The van der Waals surface area contributed by atoms with Crippen LogP contribution in [0.1, 0.15) is 15.9 Å². The third kappa shape index (κ3) is 2.26.